The Hall–Kier alpha value is -0.190. The summed E-state index contributed by atoms with van der Waals surface area (Å²) in [6.45, 7) is 2.93. The van der Waals surface area contributed by atoms with Crippen molar-refractivity contribution in [2.75, 3.05) is 11.9 Å². The second kappa shape index (κ2) is 5.43. The van der Waals surface area contributed by atoms with E-state index in [2.05, 4.69) is 22.9 Å². The molecule has 2 fully saturated rings. The summed E-state index contributed by atoms with van der Waals surface area (Å²) in [7, 11) is 0. The van der Waals surface area contributed by atoms with Crippen molar-refractivity contribution in [1.29, 1.82) is 0 Å². The molecule has 5 heteroatoms. The Morgan fingerprint density at radius 1 is 1.33 bits per heavy atom. The third kappa shape index (κ3) is 2.86. The Kier molecular flexibility index (Phi) is 4.29. The fourth-order valence-corrected chi connectivity index (χ4v) is 4.03. The predicted octanol–water partition coefficient (Wildman–Crippen LogP) is 3.44. The molecule has 0 bridgehead atoms. The molecule has 2 aliphatic rings. The zero-order chi connectivity index (χ0) is 13.3. The van der Waals surface area contributed by atoms with Crippen molar-refractivity contribution in [3.05, 3.63) is 0 Å². The first-order chi connectivity index (χ1) is 8.44. The lowest BCUT2D eigenvalue weighted by Gasteiger charge is -2.33. The molecule has 0 aromatic heterocycles. The van der Waals surface area contributed by atoms with E-state index in [0.29, 0.717) is 18.8 Å². The van der Waals surface area contributed by atoms with Crippen LogP contribution < -0.4 is 0 Å². The zero-order valence-electron chi connectivity index (χ0n) is 10.7. The highest BCUT2D eigenvalue weighted by atomic mass is 79.9. The quantitative estimate of drug-likeness (QED) is 0.713. The van der Waals surface area contributed by atoms with Crippen LogP contribution in [0.4, 0.5) is 8.78 Å². The third-order valence-corrected chi connectivity index (χ3v) is 5.05. The first kappa shape index (κ1) is 14.2. The number of nitrogens with zero attached hydrogens (tertiary/aromatic N) is 1. The summed E-state index contributed by atoms with van der Waals surface area (Å²) < 4.78 is 26.2. The minimum Gasteiger partial charge on any atom is -0.338 e. The van der Waals surface area contributed by atoms with Gasteiger partial charge in [0.05, 0.1) is 0 Å². The standard InChI is InChI=1S/C13H20BrF2NO/c1-9-4-7-17(11(9)8-14)12(18)10-2-5-13(15,16)6-3-10/h9-11H,2-8H2,1H3. The smallest absolute Gasteiger partial charge is 0.248 e. The van der Waals surface area contributed by atoms with Crippen molar-refractivity contribution in [2.24, 2.45) is 11.8 Å². The molecule has 0 aromatic carbocycles. The van der Waals surface area contributed by atoms with E-state index in [-0.39, 0.29) is 30.7 Å². The van der Waals surface area contributed by atoms with Crippen LogP contribution in [0.5, 0.6) is 0 Å². The predicted molar refractivity (Wildman–Crippen MR) is 70.0 cm³/mol. The number of rotatable bonds is 2. The molecule has 18 heavy (non-hydrogen) atoms. The van der Waals surface area contributed by atoms with Gasteiger partial charge in [0.1, 0.15) is 0 Å². The summed E-state index contributed by atoms with van der Waals surface area (Å²) in [5, 5.41) is 0.781. The molecule has 1 aliphatic carbocycles. The second-order valence-electron chi connectivity index (χ2n) is 5.65. The maximum absolute atomic E-state index is 13.1. The van der Waals surface area contributed by atoms with E-state index in [1.807, 2.05) is 4.90 Å². The number of likely N-dealkylation sites (tertiary alicyclic amines) is 1. The lowest BCUT2D eigenvalue weighted by atomic mass is 9.85. The second-order valence-corrected chi connectivity index (χ2v) is 6.30. The van der Waals surface area contributed by atoms with Gasteiger partial charge in [-0.15, -0.1) is 0 Å². The summed E-state index contributed by atoms with van der Waals surface area (Å²) in [4.78, 5) is 14.3. The monoisotopic (exact) mass is 323 g/mol. The topological polar surface area (TPSA) is 20.3 Å². The van der Waals surface area contributed by atoms with Gasteiger partial charge in [-0.2, -0.15) is 0 Å². The van der Waals surface area contributed by atoms with Crippen LogP contribution in [-0.4, -0.2) is 34.6 Å². The number of halogens is 3. The highest BCUT2D eigenvalue weighted by Crippen LogP contribution is 2.38. The van der Waals surface area contributed by atoms with E-state index in [9.17, 15) is 13.6 Å². The van der Waals surface area contributed by atoms with Gasteiger partial charge in [-0.05, 0) is 25.2 Å². The maximum Gasteiger partial charge on any atom is 0.248 e. The first-order valence-electron chi connectivity index (χ1n) is 6.69. The van der Waals surface area contributed by atoms with E-state index >= 15 is 0 Å². The molecule has 1 aliphatic heterocycles. The van der Waals surface area contributed by atoms with Crippen LogP contribution in [0, 0.1) is 11.8 Å². The van der Waals surface area contributed by atoms with Crippen molar-refractivity contribution in [1.82, 2.24) is 4.90 Å². The summed E-state index contributed by atoms with van der Waals surface area (Å²) in [6.07, 6.45) is 1.43. The van der Waals surface area contributed by atoms with Crippen molar-refractivity contribution in [3.8, 4) is 0 Å². The van der Waals surface area contributed by atoms with Crippen LogP contribution in [0.15, 0.2) is 0 Å². The normalized spacial score (nSPS) is 32.8. The molecule has 0 N–H and O–H groups in total. The zero-order valence-corrected chi connectivity index (χ0v) is 12.3. The Labute approximate surface area is 115 Å². The lowest BCUT2D eigenvalue weighted by Crippen LogP contribution is -2.43. The SMILES string of the molecule is CC1CCN(C(=O)C2CCC(F)(F)CC2)C1CBr. The van der Waals surface area contributed by atoms with E-state index in [1.165, 1.54) is 0 Å². The molecule has 0 radical (unpaired) electrons. The maximum atomic E-state index is 13.1. The van der Waals surface area contributed by atoms with Crippen LogP contribution >= 0.6 is 15.9 Å². The molecule has 0 spiro atoms. The van der Waals surface area contributed by atoms with Crippen molar-refractivity contribution in [2.45, 2.75) is 51.0 Å². The Balaban J connectivity index is 1.96. The van der Waals surface area contributed by atoms with Crippen molar-refractivity contribution < 1.29 is 13.6 Å². The van der Waals surface area contributed by atoms with Gasteiger partial charge in [0.25, 0.3) is 0 Å². The van der Waals surface area contributed by atoms with Gasteiger partial charge in [0.2, 0.25) is 11.8 Å². The Morgan fingerprint density at radius 2 is 1.94 bits per heavy atom. The van der Waals surface area contributed by atoms with E-state index in [1.54, 1.807) is 0 Å². The molecule has 1 saturated carbocycles. The summed E-state index contributed by atoms with van der Waals surface area (Å²) in [5.41, 5.74) is 0. The average molecular weight is 324 g/mol. The molecular formula is C13H20BrF2NO. The largest absolute Gasteiger partial charge is 0.338 e. The average Bonchev–Trinajstić information content (AvgIpc) is 2.69. The van der Waals surface area contributed by atoms with Gasteiger partial charge in [-0.1, -0.05) is 22.9 Å². The van der Waals surface area contributed by atoms with Gasteiger partial charge >= 0.3 is 0 Å². The number of amides is 1. The van der Waals surface area contributed by atoms with E-state index < -0.39 is 5.92 Å². The molecule has 1 saturated heterocycles. The number of carbonyl (C=O) groups is 1. The number of hydrogen-bond donors (Lipinski definition) is 0. The minimum atomic E-state index is -2.55. The molecule has 2 nitrogen and oxygen atoms in total. The Morgan fingerprint density at radius 3 is 2.50 bits per heavy atom. The molecular weight excluding hydrogens is 304 g/mol. The summed E-state index contributed by atoms with van der Waals surface area (Å²) in [5.74, 6) is -2.14. The molecule has 2 unspecified atom stereocenters. The van der Waals surface area contributed by atoms with Crippen LogP contribution in [0.2, 0.25) is 0 Å². The summed E-state index contributed by atoms with van der Waals surface area (Å²) >= 11 is 3.45. The van der Waals surface area contributed by atoms with Crippen LogP contribution in [0.3, 0.4) is 0 Å². The minimum absolute atomic E-state index is 0.0966. The van der Waals surface area contributed by atoms with Gasteiger partial charge in [-0.3, -0.25) is 4.79 Å². The van der Waals surface area contributed by atoms with Crippen molar-refractivity contribution >= 4 is 21.8 Å². The first-order valence-corrected chi connectivity index (χ1v) is 7.81. The fourth-order valence-electron chi connectivity index (χ4n) is 3.04. The van der Waals surface area contributed by atoms with Crippen LogP contribution in [0.1, 0.15) is 39.0 Å². The highest BCUT2D eigenvalue weighted by molar-refractivity contribution is 9.09. The molecule has 104 valence electrons. The van der Waals surface area contributed by atoms with Crippen LogP contribution in [-0.2, 0) is 4.79 Å². The molecule has 1 heterocycles. The van der Waals surface area contributed by atoms with Crippen molar-refractivity contribution in [3.63, 3.8) is 0 Å². The van der Waals surface area contributed by atoms with Crippen LogP contribution in [0.25, 0.3) is 0 Å². The van der Waals surface area contributed by atoms with E-state index in [0.717, 1.165) is 18.3 Å². The summed E-state index contributed by atoms with van der Waals surface area (Å²) in [6, 6.07) is 0.236. The molecule has 0 aromatic rings. The van der Waals surface area contributed by atoms with Gasteiger partial charge in [0.15, 0.2) is 0 Å². The lowest BCUT2D eigenvalue weighted by molar-refractivity contribution is -0.140. The number of alkyl halides is 3. The fraction of sp³-hybridized carbons (Fsp3) is 0.923. The molecule has 2 atom stereocenters. The number of carbonyl (C=O) groups excluding carboxylic acids is 1. The number of hydrogen-bond acceptors (Lipinski definition) is 1. The molecule has 1 amide bonds. The van der Waals surface area contributed by atoms with Gasteiger partial charge in [0, 0.05) is 36.7 Å². The third-order valence-electron chi connectivity index (χ3n) is 4.39. The van der Waals surface area contributed by atoms with E-state index in [4.69, 9.17) is 0 Å². The molecule has 2 rings (SSSR count). The van der Waals surface area contributed by atoms with Gasteiger partial charge in [-0.25, -0.2) is 8.78 Å². The Bertz CT molecular complexity index is 314. The highest BCUT2D eigenvalue weighted by Gasteiger charge is 2.41. The van der Waals surface area contributed by atoms with Gasteiger partial charge < -0.3 is 4.90 Å².